The number of carbonyl (C=O) groups is 1. The maximum Gasteiger partial charge on any atom is 0.416 e. The molecule has 22 heavy (non-hydrogen) atoms. The number of benzene rings is 1. The Kier molecular flexibility index (Phi) is 5.00. The maximum absolute atomic E-state index is 12.9. The van der Waals surface area contributed by atoms with Gasteiger partial charge in [0.05, 0.1) is 11.0 Å². The van der Waals surface area contributed by atoms with Gasteiger partial charge in [-0.1, -0.05) is 53.5 Å². The average Bonchev–Trinajstić information content (AvgIpc) is 2.94. The molecule has 0 saturated heterocycles. The molecule has 1 N–H and O–H groups in total. The molecule has 1 aromatic carbocycles. The van der Waals surface area contributed by atoms with Crippen LogP contribution >= 0.6 is 15.9 Å². The van der Waals surface area contributed by atoms with Gasteiger partial charge in [-0.25, -0.2) is 0 Å². The smallest absolute Gasteiger partial charge is 0.351 e. The zero-order chi connectivity index (χ0) is 16.4. The monoisotopic (exact) mass is 375 g/mol. The standard InChI is InChI=1S/C16H17BrF3NO/c1-11(17)10-21-14(22)15(7-2-3-8-15)12-5-4-6-13(9-12)16(18,19)20/h4-6,9H,1-3,7-8,10H2,(H,21,22). The molecule has 0 bridgehead atoms. The topological polar surface area (TPSA) is 29.1 Å². The minimum absolute atomic E-state index is 0.232. The minimum Gasteiger partial charge on any atom is -0.351 e. The normalized spacial score (nSPS) is 17.3. The highest BCUT2D eigenvalue weighted by Crippen LogP contribution is 2.43. The van der Waals surface area contributed by atoms with Crippen LogP contribution in [0.5, 0.6) is 0 Å². The van der Waals surface area contributed by atoms with Crippen molar-refractivity contribution < 1.29 is 18.0 Å². The Labute approximate surface area is 135 Å². The van der Waals surface area contributed by atoms with E-state index in [-0.39, 0.29) is 12.5 Å². The first kappa shape index (κ1) is 17.1. The molecule has 0 atom stereocenters. The van der Waals surface area contributed by atoms with Crippen LogP contribution < -0.4 is 5.32 Å². The highest BCUT2D eigenvalue weighted by atomic mass is 79.9. The fraction of sp³-hybridized carbons (Fsp3) is 0.438. The summed E-state index contributed by atoms with van der Waals surface area (Å²) in [5, 5.41) is 2.75. The van der Waals surface area contributed by atoms with Crippen molar-refractivity contribution in [1.82, 2.24) is 5.32 Å². The minimum atomic E-state index is -4.41. The number of hydrogen-bond acceptors (Lipinski definition) is 1. The number of carbonyl (C=O) groups excluding carboxylic acids is 1. The Morgan fingerprint density at radius 2 is 1.95 bits per heavy atom. The zero-order valence-corrected chi connectivity index (χ0v) is 13.6. The summed E-state index contributed by atoms with van der Waals surface area (Å²) in [4.78, 5) is 12.6. The highest BCUT2D eigenvalue weighted by molar-refractivity contribution is 9.11. The molecule has 2 nitrogen and oxygen atoms in total. The molecule has 0 spiro atoms. The van der Waals surface area contributed by atoms with E-state index in [2.05, 4.69) is 27.8 Å². The van der Waals surface area contributed by atoms with Gasteiger partial charge in [0, 0.05) is 11.0 Å². The SMILES string of the molecule is C=C(Br)CNC(=O)C1(c2cccc(C(F)(F)F)c2)CCCC1. The summed E-state index contributed by atoms with van der Waals surface area (Å²) in [6.45, 7) is 3.91. The summed E-state index contributed by atoms with van der Waals surface area (Å²) in [5.74, 6) is -0.232. The van der Waals surface area contributed by atoms with E-state index < -0.39 is 17.2 Å². The van der Waals surface area contributed by atoms with E-state index in [1.54, 1.807) is 6.07 Å². The highest BCUT2D eigenvalue weighted by Gasteiger charge is 2.43. The van der Waals surface area contributed by atoms with Crippen molar-refractivity contribution in [3.63, 3.8) is 0 Å². The molecule has 0 radical (unpaired) electrons. The van der Waals surface area contributed by atoms with Gasteiger partial charge in [-0.15, -0.1) is 0 Å². The number of nitrogens with one attached hydrogen (secondary N) is 1. The Hall–Kier alpha value is -1.30. The van der Waals surface area contributed by atoms with Crippen LogP contribution in [0.15, 0.2) is 35.3 Å². The van der Waals surface area contributed by atoms with E-state index in [9.17, 15) is 18.0 Å². The van der Waals surface area contributed by atoms with E-state index in [4.69, 9.17) is 0 Å². The molecule has 0 aliphatic heterocycles. The largest absolute Gasteiger partial charge is 0.416 e. The maximum atomic E-state index is 12.9. The number of amides is 1. The summed E-state index contributed by atoms with van der Waals surface area (Å²) in [6.07, 6.45) is -1.61. The van der Waals surface area contributed by atoms with Gasteiger partial charge >= 0.3 is 6.18 Å². The molecule has 1 amide bonds. The lowest BCUT2D eigenvalue weighted by molar-refractivity contribution is -0.138. The predicted octanol–water partition coefficient (Wildman–Crippen LogP) is 4.54. The summed E-state index contributed by atoms with van der Waals surface area (Å²) >= 11 is 3.17. The van der Waals surface area contributed by atoms with Gasteiger partial charge in [0.15, 0.2) is 0 Å². The number of rotatable bonds is 4. The van der Waals surface area contributed by atoms with Crippen LogP contribution in [0.3, 0.4) is 0 Å². The Balaban J connectivity index is 2.35. The van der Waals surface area contributed by atoms with Gasteiger partial charge < -0.3 is 5.32 Å². The fourth-order valence-corrected chi connectivity index (χ4v) is 3.10. The molecular weight excluding hydrogens is 359 g/mol. The van der Waals surface area contributed by atoms with Crippen LogP contribution in [0.2, 0.25) is 0 Å². The van der Waals surface area contributed by atoms with Gasteiger partial charge in [0.25, 0.3) is 0 Å². The van der Waals surface area contributed by atoms with Crippen LogP contribution in [0, 0.1) is 0 Å². The molecule has 1 aliphatic carbocycles. The van der Waals surface area contributed by atoms with Crippen molar-refractivity contribution in [2.75, 3.05) is 6.54 Å². The molecule has 0 aromatic heterocycles. The van der Waals surface area contributed by atoms with Crippen LogP contribution in [0.25, 0.3) is 0 Å². The van der Waals surface area contributed by atoms with E-state index in [0.717, 1.165) is 25.0 Å². The van der Waals surface area contributed by atoms with E-state index in [1.165, 1.54) is 6.07 Å². The summed E-state index contributed by atoms with van der Waals surface area (Å²) in [5.41, 5.74) is -1.14. The molecule has 120 valence electrons. The van der Waals surface area contributed by atoms with Crippen LogP contribution in [0.4, 0.5) is 13.2 Å². The molecule has 1 saturated carbocycles. The third-order valence-electron chi connectivity index (χ3n) is 4.07. The van der Waals surface area contributed by atoms with E-state index >= 15 is 0 Å². The first-order valence-electron chi connectivity index (χ1n) is 7.05. The molecule has 1 aliphatic rings. The van der Waals surface area contributed by atoms with Gasteiger partial charge in [0.1, 0.15) is 0 Å². The Morgan fingerprint density at radius 1 is 1.32 bits per heavy atom. The number of halogens is 4. The van der Waals surface area contributed by atoms with Crippen molar-refractivity contribution in [2.24, 2.45) is 0 Å². The molecular formula is C16H17BrF3NO. The Morgan fingerprint density at radius 3 is 2.50 bits per heavy atom. The molecule has 1 aromatic rings. The summed E-state index contributed by atoms with van der Waals surface area (Å²) < 4.78 is 39.4. The lowest BCUT2D eigenvalue weighted by Crippen LogP contribution is -2.43. The fourth-order valence-electron chi connectivity index (χ4n) is 2.96. The van der Waals surface area contributed by atoms with Crippen molar-refractivity contribution >= 4 is 21.8 Å². The predicted molar refractivity (Wildman–Crippen MR) is 82.7 cm³/mol. The third-order valence-corrected chi connectivity index (χ3v) is 4.36. The first-order valence-corrected chi connectivity index (χ1v) is 7.84. The van der Waals surface area contributed by atoms with Crippen molar-refractivity contribution in [1.29, 1.82) is 0 Å². The second-order valence-electron chi connectivity index (χ2n) is 5.57. The second-order valence-corrected chi connectivity index (χ2v) is 6.69. The number of alkyl halides is 3. The van der Waals surface area contributed by atoms with Crippen molar-refractivity contribution in [3.8, 4) is 0 Å². The second kappa shape index (κ2) is 6.44. The average molecular weight is 376 g/mol. The molecule has 0 heterocycles. The molecule has 0 unspecified atom stereocenters. The van der Waals surface area contributed by atoms with Crippen LogP contribution in [-0.2, 0) is 16.4 Å². The van der Waals surface area contributed by atoms with Gasteiger partial charge in [-0.2, -0.15) is 13.2 Å². The lowest BCUT2D eigenvalue weighted by Gasteiger charge is -2.29. The van der Waals surface area contributed by atoms with Crippen molar-refractivity contribution in [3.05, 3.63) is 46.5 Å². The van der Waals surface area contributed by atoms with Gasteiger partial charge in [-0.05, 0) is 24.5 Å². The quantitative estimate of drug-likeness (QED) is 0.821. The lowest BCUT2D eigenvalue weighted by atomic mass is 9.77. The van der Waals surface area contributed by atoms with E-state index in [0.29, 0.717) is 22.9 Å². The number of hydrogen-bond donors (Lipinski definition) is 1. The van der Waals surface area contributed by atoms with Crippen molar-refractivity contribution in [2.45, 2.75) is 37.3 Å². The van der Waals surface area contributed by atoms with Gasteiger partial charge in [-0.3, -0.25) is 4.79 Å². The van der Waals surface area contributed by atoms with E-state index in [1.807, 2.05) is 0 Å². The first-order chi connectivity index (χ1) is 10.3. The zero-order valence-electron chi connectivity index (χ0n) is 12.0. The third kappa shape index (κ3) is 3.54. The van der Waals surface area contributed by atoms with Gasteiger partial charge in [0.2, 0.25) is 5.91 Å². The molecule has 6 heteroatoms. The summed E-state index contributed by atoms with van der Waals surface area (Å²) in [6, 6.07) is 5.12. The molecule has 1 fully saturated rings. The molecule has 2 rings (SSSR count). The van der Waals surface area contributed by atoms with Crippen LogP contribution in [0.1, 0.15) is 36.8 Å². The summed E-state index contributed by atoms with van der Waals surface area (Å²) in [7, 11) is 0. The van der Waals surface area contributed by atoms with Crippen LogP contribution in [-0.4, -0.2) is 12.5 Å². The Bertz CT molecular complexity index is 577.